The lowest BCUT2D eigenvalue weighted by Crippen LogP contribution is -2.23. The van der Waals surface area contributed by atoms with Gasteiger partial charge in [0.1, 0.15) is 0 Å². The number of fused-ring (bicyclic) bond motifs is 2. The number of aryl methyl sites for hydroxylation is 2. The van der Waals surface area contributed by atoms with Crippen LogP contribution in [0.15, 0.2) is 42.5 Å². The standard InChI is InChI=1S/C19H23ClN2/c1-21(2)12-5-13-22-18-7-4-3-6-15(18)8-9-16-14-17(20)10-11-19(16)22/h3-4,6-7,10-11,14H,5,8-9,12-13H2,1-2H3. The number of hydrogen-bond acceptors (Lipinski definition) is 2. The molecule has 1 aliphatic rings. The number of para-hydroxylation sites is 1. The van der Waals surface area contributed by atoms with Gasteiger partial charge in [-0.3, -0.25) is 0 Å². The van der Waals surface area contributed by atoms with Crippen molar-refractivity contribution < 1.29 is 0 Å². The van der Waals surface area contributed by atoms with Crippen molar-refractivity contribution in [3.05, 3.63) is 58.6 Å². The normalized spacial score (nSPS) is 13.7. The van der Waals surface area contributed by atoms with Gasteiger partial charge in [-0.2, -0.15) is 0 Å². The molecule has 0 fully saturated rings. The second kappa shape index (κ2) is 6.72. The van der Waals surface area contributed by atoms with Gasteiger partial charge in [0.15, 0.2) is 0 Å². The van der Waals surface area contributed by atoms with Crippen LogP contribution in [0.3, 0.4) is 0 Å². The van der Waals surface area contributed by atoms with Gasteiger partial charge in [0.25, 0.3) is 0 Å². The van der Waals surface area contributed by atoms with Crippen LogP contribution in [-0.4, -0.2) is 32.1 Å². The van der Waals surface area contributed by atoms with E-state index in [-0.39, 0.29) is 0 Å². The molecule has 3 heteroatoms. The highest BCUT2D eigenvalue weighted by molar-refractivity contribution is 6.30. The average molecular weight is 315 g/mol. The summed E-state index contributed by atoms with van der Waals surface area (Å²) in [5, 5.41) is 0.831. The fourth-order valence-corrected chi connectivity index (χ4v) is 3.38. The molecule has 0 spiro atoms. The fourth-order valence-electron chi connectivity index (χ4n) is 3.19. The SMILES string of the molecule is CN(C)CCCN1c2ccccc2CCc2cc(Cl)ccc21. The Morgan fingerprint density at radius 2 is 1.73 bits per heavy atom. The summed E-state index contributed by atoms with van der Waals surface area (Å²) in [5.74, 6) is 0. The zero-order valence-corrected chi connectivity index (χ0v) is 14.1. The third-order valence-corrected chi connectivity index (χ3v) is 4.50. The van der Waals surface area contributed by atoms with Gasteiger partial charge in [-0.15, -0.1) is 0 Å². The van der Waals surface area contributed by atoms with Crippen molar-refractivity contribution in [1.29, 1.82) is 0 Å². The van der Waals surface area contributed by atoms with Crippen molar-refractivity contribution in [1.82, 2.24) is 4.90 Å². The molecule has 22 heavy (non-hydrogen) atoms. The van der Waals surface area contributed by atoms with Crippen LogP contribution in [0.25, 0.3) is 0 Å². The van der Waals surface area contributed by atoms with Crippen LogP contribution in [0, 0.1) is 0 Å². The number of benzene rings is 2. The lowest BCUT2D eigenvalue weighted by atomic mass is 10.0. The highest BCUT2D eigenvalue weighted by atomic mass is 35.5. The predicted molar refractivity (Wildman–Crippen MR) is 95.5 cm³/mol. The van der Waals surface area contributed by atoms with Gasteiger partial charge in [0, 0.05) is 22.9 Å². The first kappa shape index (κ1) is 15.4. The van der Waals surface area contributed by atoms with Gasteiger partial charge in [-0.1, -0.05) is 29.8 Å². The number of rotatable bonds is 4. The molecule has 0 unspecified atom stereocenters. The van der Waals surface area contributed by atoms with Crippen LogP contribution in [0.2, 0.25) is 5.02 Å². The van der Waals surface area contributed by atoms with Crippen molar-refractivity contribution in [2.75, 3.05) is 32.1 Å². The number of halogens is 1. The van der Waals surface area contributed by atoms with E-state index in [0.717, 1.165) is 37.4 Å². The molecule has 0 amide bonds. The molecule has 0 bridgehead atoms. The molecular formula is C19H23ClN2. The highest BCUT2D eigenvalue weighted by Crippen LogP contribution is 2.37. The Labute approximate surface area is 138 Å². The molecule has 2 aromatic rings. The molecule has 0 atom stereocenters. The Balaban J connectivity index is 1.97. The summed E-state index contributed by atoms with van der Waals surface area (Å²) in [7, 11) is 4.26. The summed E-state index contributed by atoms with van der Waals surface area (Å²) in [5.41, 5.74) is 5.45. The van der Waals surface area contributed by atoms with Gasteiger partial charge in [-0.25, -0.2) is 0 Å². The molecule has 3 rings (SSSR count). The molecule has 2 aromatic carbocycles. The summed E-state index contributed by atoms with van der Waals surface area (Å²) in [4.78, 5) is 4.71. The number of anilines is 2. The monoisotopic (exact) mass is 314 g/mol. The molecule has 0 aromatic heterocycles. The third kappa shape index (κ3) is 3.29. The van der Waals surface area contributed by atoms with Crippen LogP contribution in [0.1, 0.15) is 17.5 Å². The van der Waals surface area contributed by atoms with E-state index in [2.05, 4.69) is 60.3 Å². The zero-order chi connectivity index (χ0) is 15.5. The molecule has 0 N–H and O–H groups in total. The Bertz CT molecular complexity index is 652. The van der Waals surface area contributed by atoms with Crippen LogP contribution in [0.4, 0.5) is 11.4 Å². The molecular weight excluding hydrogens is 292 g/mol. The first-order valence-corrected chi connectivity index (χ1v) is 8.31. The minimum atomic E-state index is 0.831. The topological polar surface area (TPSA) is 6.48 Å². The summed E-state index contributed by atoms with van der Waals surface area (Å²) >= 11 is 6.21. The van der Waals surface area contributed by atoms with Gasteiger partial charge < -0.3 is 9.80 Å². The van der Waals surface area contributed by atoms with Gasteiger partial charge in [0.05, 0.1) is 0 Å². The van der Waals surface area contributed by atoms with Crippen LogP contribution >= 0.6 is 11.6 Å². The van der Waals surface area contributed by atoms with Gasteiger partial charge in [-0.05, 0) is 75.3 Å². The van der Waals surface area contributed by atoms with Gasteiger partial charge in [0.2, 0.25) is 0 Å². The minimum Gasteiger partial charge on any atom is -0.341 e. The van der Waals surface area contributed by atoms with Crippen molar-refractivity contribution in [3.8, 4) is 0 Å². The number of nitrogens with zero attached hydrogens (tertiary/aromatic N) is 2. The molecule has 1 heterocycles. The molecule has 1 aliphatic heterocycles. The quantitative estimate of drug-likeness (QED) is 0.818. The predicted octanol–water partition coefficient (Wildman–Crippen LogP) is 4.53. The van der Waals surface area contributed by atoms with Crippen LogP contribution < -0.4 is 4.90 Å². The second-order valence-electron chi connectivity index (χ2n) is 6.21. The first-order valence-electron chi connectivity index (χ1n) is 7.94. The highest BCUT2D eigenvalue weighted by Gasteiger charge is 2.20. The number of hydrogen-bond donors (Lipinski definition) is 0. The van der Waals surface area contributed by atoms with Crippen LogP contribution in [0.5, 0.6) is 0 Å². The Morgan fingerprint density at radius 3 is 2.55 bits per heavy atom. The molecule has 116 valence electrons. The van der Waals surface area contributed by atoms with Crippen molar-refractivity contribution in [2.45, 2.75) is 19.3 Å². The molecule has 0 aliphatic carbocycles. The smallest absolute Gasteiger partial charge is 0.0444 e. The Hall–Kier alpha value is -1.51. The van der Waals surface area contributed by atoms with E-state index >= 15 is 0 Å². The minimum absolute atomic E-state index is 0.831. The third-order valence-electron chi connectivity index (χ3n) is 4.27. The molecule has 0 saturated carbocycles. The summed E-state index contributed by atoms with van der Waals surface area (Å²) in [6, 6.07) is 15.1. The van der Waals surface area contributed by atoms with Crippen molar-refractivity contribution in [2.24, 2.45) is 0 Å². The lowest BCUT2D eigenvalue weighted by Gasteiger charge is -2.27. The van der Waals surface area contributed by atoms with E-state index in [0.29, 0.717) is 0 Å². The fraction of sp³-hybridized carbons (Fsp3) is 0.368. The largest absolute Gasteiger partial charge is 0.341 e. The zero-order valence-electron chi connectivity index (χ0n) is 13.3. The van der Waals surface area contributed by atoms with E-state index in [9.17, 15) is 0 Å². The average Bonchev–Trinajstić information content (AvgIpc) is 2.64. The van der Waals surface area contributed by atoms with E-state index in [1.807, 2.05) is 6.07 Å². The van der Waals surface area contributed by atoms with Crippen molar-refractivity contribution >= 4 is 23.0 Å². The maximum Gasteiger partial charge on any atom is 0.0444 e. The van der Waals surface area contributed by atoms with Crippen LogP contribution in [-0.2, 0) is 12.8 Å². The van der Waals surface area contributed by atoms with Gasteiger partial charge >= 0.3 is 0 Å². The maximum absolute atomic E-state index is 6.21. The second-order valence-corrected chi connectivity index (χ2v) is 6.65. The Kier molecular flexibility index (Phi) is 4.70. The maximum atomic E-state index is 6.21. The lowest BCUT2D eigenvalue weighted by molar-refractivity contribution is 0.402. The van der Waals surface area contributed by atoms with Crippen molar-refractivity contribution in [3.63, 3.8) is 0 Å². The molecule has 0 saturated heterocycles. The van der Waals surface area contributed by atoms with E-state index in [1.165, 1.54) is 22.5 Å². The van der Waals surface area contributed by atoms with E-state index in [4.69, 9.17) is 11.6 Å². The molecule has 2 nitrogen and oxygen atoms in total. The first-order chi connectivity index (χ1) is 10.6. The summed E-state index contributed by atoms with van der Waals surface area (Å²) < 4.78 is 0. The summed E-state index contributed by atoms with van der Waals surface area (Å²) in [6.07, 6.45) is 3.27. The Morgan fingerprint density at radius 1 is 1.00 bits per heavy atom. The molecule has 0 radical (unpaired) electrons. The summed E-state index contributed by atoms with van der Waals surface area (Å²) in [6.45, 7) is 2.13. The van der Waals surface area contributed by atoms with E-state index < -0.39 is 0 Å². The van der Waals surface area contributed by atoms with E-state index in [1.54, 1.807) is 0 Å².